The second kappa shape index (κ2) is 22.0. The van der Waals surface area contributed by atoms with E-state index in [-0.39, 0.29) is 0 Å². The first kappa shape index (κ1) is 44.7. The van der Waals surface area contributed by atoms with E-state index in [1.807, 2.05) is 11.3 Å². The first-order chi connectivity index (χ1) is 24.2. The first-order valence-electron chi connectivity index (χ1n) is 19.1. The van der Waals surface area contributed by atoms with Crippen molar-refractivity contribution in [2.75, 3.05) is 52.9 Å². The average Bonchev–Trinajstić information content (AvgIpc) is 3.83. The van der Waals surface area contributed by atoms with E-state index >= 15 is 0 Å². The number of hydrogen-bond acceptors (Lipinski definition) is 9. The van der Waals surface area contributed by atoms with Crippen LogP contribution in [0, 0.1) is 0 Å². The molecule has 0 unspecified atom stereocenters. The Kier molecular flexibility index (Phi) is 19.3. The van der Waals surface area contributed by atoms with E-state index in [4.69, 9.17) is 27.8 Å². The fourth-order valence-electron chi connectivity index (χ4n) is 8.12. The molecule has 3 heterocycles. The lowest BCUT2D eigenvalue weighted by atomic mass is 10.3. The molecule has 0 aromatic carbocycles. The third kappa shape index (κ3) is 12.4. The highest BCUT2D eigenvalue weighted by atomic mass is 32.1. The second-order valence-corrected chi connectivity index (χ2v) is 29.7. The molecule has 0 atom stereocenters. The predicted molar refractivity (Wildman–Crippen MR) is 226 cm³/mol. The largest absolute Gasteiger partial charge is 0.414 e. The summed E-state index contributed by atoms with van der Waals surface area (Å²) in [5.41, 5.74) is 3.53. The van der Waals surface area contributed by atoms with Crippen LogP contribution in [0.25, 0.3) is 19.5 Å². The average molecular weight is 797 g/mol. The van der Waals surface area contributed by atoms with Crippen LogP contribution in [0.1, 0.15) is 92.8 Å². The Balaban J connectivity index is 1.32. The number of rotatable bonds is 26. The van der Waals surface area contributed by atoms with Crippen molar-refractivity contribution in [3.63, 3.8) is 0 Å². The van der Waals surface area contributed by atoms with E-state index in [2.05, 4.69) is 119 Å². The monoisotopic (exact) mass is 796 g/mol. The number of ether oxygens (including phenoxy) is 4. The summed E-state index contributed by atoms with van der Waals surface area (Å²) < 4.78 is 36.8. The zero-order chi connectivity index (χ0) is 37.6. The van der Waals surface area contributed by atoms with Gasteiger partial charge in [-0.05, 0) is 69.6 Å². The van der Waals surface area contributed by atoms with Crippen LogP contribution in [0.2, 0.25) is 33.2 Å². The van der Waals surface area contributed by atoms with Crippen molar-refractivity contribution in [3.8, 4) is 19.5 Å². The van der Waals surface area contributed by atoms with Crippen LogP contribution in [-0.2, 0) is 41.0 Å². The molecule has 0 amide bonds. The van der Waals surface area contributed by atoms with Crippen molar-refractivity contribution >= 4 is 50.6 Å². The summed E-state index contributed by atoms with van der Waals surface area (Å²) >= 11 is 5.44. The molecule has 3 aromatic rings. The summed E-state index contributed by atoms with van der Waals surface area (Å²) in [4.78, 5) is 7.60. The van der Waals surface area contributed by atoms with Crippen LogP contribution in [0.15, 0.2) is 36.4 Å². The summed E-state index contributed by atoms with van der Waals surface area (Å²) in [6, 6.07) is 13.2. The maximum Gasteiger partial charge on any atom is 0.200 e. The Labute approximate surface area is 324 Å². The normalized spacial score (nSPS) is 13.1. The Morgan fingerprint density at radius 1 is 0.373 bits per heavy atom. The molecule has 0 spiro atoms. The van der Waals surface area contributed by atoms with E-state index in [0.29, 0.717) is 99.3 Å². The van der Waals surface area contributed by atoms with Crippen LogP contribution in [0.3, 0.4) is 0 Å². The zero-order valence-corrected chi connectivity index (χ0v) is 38.1. The fraction of sp³-hybridized carbons (Fsp3) is 0.700. The molecule has 3 aromatic heterocycles. The Hall–Kier alpha value is -0.706. The molecule has 0 saturated carbocycles. The topological polar surface area (TPSA) is 55.4 Å². The van der Waals surface area contributed by atoms with Gasteiger partial charge >= 0.3 is 0 Å². The van der Waals surface area contributed by atoms with E-state index < -0.39 is 16.6 Å². The van der Waals surface area contributed by atoms with Gasteiger partial charge in [-0.3, -0.25) is 0 Å². The highest BCUT2D eigenvalue weighted by Gasteiger charge is 2.45. The lowest BCUT2D eigenvalue weighted by molar-refractivity contribution is 0.0291. The molecule has 0 saturated heterocycles. The smallest absolute Gasteiger partial charge is 0.200 e. The van der Waals surface area contributed by atoms with Crippen LogP contribution in [0.4, 0.5) is 0 Å². The van der Waals surface area contributed by atoms with Gasteiger partial charge in [0.1, 0.15) is 0 Å². The zero-order valence-electron chi connectivity index (χ0n) is 33.7. The van der Waals surface area contributed by atoms with Gasteiger partial charge < -0.3 is 27.8 Å². The molecule has 0 aliphatic rings. The number of thiophene rings is 3. The Bertz CT molecular complexity index is 1240. The van der Waals surface area contributed by atoms with Gasteiger partial charge in [-0.25, -0.2) is 0 Å². The van der Waals surface area contributed by atoms with Gasteiger partial charge in [0.2, 0.25) is 0 Å². The van der Waals surface area contributed by atoms with Gasteiger partial charge in [-0.15, -0.1) is 34.0 Å². The summed E-state index contributed by atoms with van der Waals surface area (Å²) in [6.45, 7) is 34.0. The number of hydrogen-bond donors (Lipinski definition) is 0. The van der Waals surface area contributed by atoms with Crippen LogP contribution < -0.4 is 0 Å². The van der Waals surface area contributed by atoms with Crippen molar-refractivity contribution in [3.05, 3.63) is 46.2 Å². The van der Waals surface area contributed by atoms with Crippen molar-refractivity contribution in [2.24, 2.45) is 0 Å². The van der Waals surface area contributed by atoms with Crippen molar-refractivity contribution < 1.29 is 27.8 Å². The van der Waals surface area contributed by atoms with E-state index in [9.17, 15) is 0 Å². The molecular formula is C40H68O6S3Si2. The van der Waals surface area contributed by atoms with Crippen LogP contribution in [0.5, 0.6) is 0 Å². The van der Waals surface area contributed by atoms with Crippen LogP contribution in [-0.4, -0.2) is 69.5 Å². The Morgan fingerprint density at radius 3 is 0.980 bits per heavy atom. The summed E-state index contributed by atoms with van der Waals surface area (Å²) in [7, 11) is -3.66. The maximum atomic E-state index is 6.59. The fourth-order valence-corrected chi connectivity index (χ4v) is 22.1. The quantitative estimate of drug-likeness (QED) is 0.0596. The van der Waals surface area contributed by atoms with Crippen molar-refractivity contribution in [2.45, 2.75) is 130 Å². The maximum absolute atomic E-state index is 6.59. The molecule has 0 radical (unpaired) electrons. The van der Waals surface area contributed by atoms with Crippen molar-refractivity contribution in [1.29, 1.82) is 0 Å². The minimum absolute atomic E-state index is 0.584. The van der Waals surface area contributed by atoms with E-state index in [1.54, 1.807) is 22.7 Å². The molecule has 0 aliphatic carbocycles. The molecule has 0 aliphatic heterocycles. The molecule has 51 heavy (non-hydrogen) atoms. The molecule has 0 N–H and O–H groups in total. The first-order valence-corrected chi connectivity index (χ1v) is 25.8. The van der Waals surface area contributed by atoms with Gasteiger partial charge in [-0.2, -0.15) is 0 Å². The molecule has 290 valence electrons. The minimum atomic E-state index is -1.83. The summed E-state index contributed by atoms with van der Waals surface area (Å²) in [5, 5.41) is 0. The van der Waals surface area contributed by atoms with Gasteiger partial charge in [0, 0.05) is 29.3 Å². The third-order valence-corrected chi connectivity index (χ3v) is 26.1. The minimum Gasteiger partial charge on any atom is -0.414 e. The van der Waals surface area contributed by atoms with Gasteiger partial charge in [0.05, 0.1) is 66.1 Å². The molecule has 6 nitrogen and oxygen atoms in total. The lowest BCUT2D eigenvalue weighted by Crippen LogP contribution is -2.48. The standard InChI is InChI=1S/C40H68O6S3Si2/c1-29(2)50(30(3)4,31(5)6)45-25-23-41-19-21-43-27-35-13-15-37(47-35)39-17-18-40(49-39)38-16-14-36(48-38)28-44-22-20-42-24-26-46-51(32(7)8,33(9)10)34(11)12/h13-18,29-34H,19-28H2,1-12H3. The molecule has 3 rings (SSSR count). The van der Waals surface area contributed by atoms with Crippen molar-refractivity contribution in [1.82, 2.24) is 0 Å². The molecular weight excluding hydrogens is 729 g/mol. The highest BCUT2D eigenvalue weighted by molar-refractivity contribution is 7.26. The molecule has 0 fully saturated rings. The Morgan fingerprint density at radius 2 is 0.647 bits per heavy atom. The van der Waals surface area contributed by atoms with Crippen LogP contribution >= 0.6 is 34.0 Å². The predicted octanol–water partition coefficient (Wildman–Crippen LogP) is 12.7. The van der Waals surface area contributed by atoms with Gasteiger partial charge in [0.15, 0.2) is 16.6 Å². The second-order valence-electron chi connectivity index (χ2n) is 15.4. The van der Waals surface area contributed by atoms with E-state index in [0.717, 1.165) is 0 Å². The summed E-state index contributed by atoms with van der Waals surface area (Å²) in [5.74, 6) is 0. The third-order valence-electron chi connectivity index (χ3n) is 10.2. The molecule has 0 bridgehead atoms. The SMILES string of the molecule is CC(C)[Si](OCCOCCOCc1ccc(-c2ccc(-c3ccc(COCCOCCO[Si](C(C)C)(C(C)C)C(C)C)s3)s2)s1)(C(C)C)C(C)C. The van der Waals surface area contributed by atoms with Gasteiger partial charge in [0.25, 0.3) is 0 Å². The van der Waals surface area contributed by atoms with E-state index in [1.165, 1.54) is 29.3 Å². The lowest BCUT2D eigenvalue weighted by Gasteiger charge is -2.42. The molecule has 11 heteroatoms. The highest BCUT2D eigenvalue weighted by Crippen LogP contribution is 2.43. The summed E-state index contributed by atoms with van der Waals surface area (Å²) in [6.07, 6.45) is 0. The van der Waals surface area contributed by atoms with Gasteiger partial charge in [-0.1, -0.05) is 83.1 Å².